The van der Waals surface area contributed by atoms with Gasteiger partial charge in [0.15, 0.2) is 0 Å². The molecule has 55 heavy (non-hydrogen) atoms. The van der Waals surface area contributed by atoms with Crippen molar-refractivity contribution in [3.05, 3.63) is 81.8 Å². The molecular formula is C26H15Co2F18O8P. The molecule has 0 fully saturated rings. The summed E-state index contributed by atoms with van der Waals surface area (Å²) in [4.78, 5) is 0. The molecule has 0 spiro atoms. The standard InChI is InChI=1S/C12H12.C9H3F18O3P.5CO.2Co/c1-3-8-11(4-2)12-9-6-5-7-10-12;10-4(11,12)1(5(13,14)15)28-31(29-2(6(16,17)18)7(19,20)21)30-3(8(22,23)24)9(25,26)27;5*1-2;;/h2-3,5-7,9-11H,1,8H2;1-3H;;;;;;;/t11-;;;;;;;;/m1......../s1. The van der Waals surface area contributed by atoms with Crippen molar-refractivity contribution in [2.24, 2.45) is 0 Å². The SMILES string of the molecule is C#C[C@H](CC=C)c1ccccc1.FC(F)(F)C(OP(OC(C(F)(F)F)C(F)(F)F)OC(C(F)(F)F)C(F)(F)F)C(F)(F)F.[C-]#[O+].[C-]#[O+].[C-]#[O+].[C-]#[O+].[C-]#[O+].[Co].[Co]. The van der Waals surface area contributed by atoms with Crippen LogP contribution in [0.25, 0.3) is 0 Å². The van der Waals surface area contributed by atoms with Crippen LogP contribution < -0.4 is 0 Å². The molecule has 316 valence electrons. The Labute approximate surface area is 319 Å². The van der Waals surface area contributed by atoms with Crippen molar-refractivity contribution >= 4 is 8.60 Å². The van der Waals surface area contributed by atoms with E-state index in [1.807, 2.05) is 36.4 Å². The van der Waals surface area contributed by atoms with Gasteiger partial charge in [-0.3, -0.25) is 13.6 Å². The second-order valence-electron chi connectivity index (χ2n) is 7.58. The molecule has 1 aromatic rings. The molecule has 0 aliphatic carbocycles. The maximum Gasteiger partial charge on any atom is 0 e. The van der Waals surface area contributed by atoms with Gasteiger partial charge < -0.3 is 0 Å². The molecule has 0 saturated heterocycles. The zero-order valence-electron chi connectivity index (χ0n) is 25.4. The van der Waals surface area contributed by atoms with E-state index in [1.54, 1.807) is 0 Å². The largest absolute Gasteiger partial charge is 0 e. The van der Waals surface area contributed by atoms with E-state index in [-0.39, 0.29) is 39.5 Å². The molecule has 0 aliphatic heterocycles. The van der Waals surface area contributed by atoms with E-state index in [1.165, 1.54) is 5.56 Å². The fraction of sp³-hybridized carbons (Fsp3) is 0.423. The van der Waals surface area contributed by atoms with E-state index in [9.17, 15) is 79.0 Å². The van der Waals surface area contributed by atoms with Crippen molar-refractivity contribution in [3.8, 4) is 12.3 Å². The van der Waals surface area contributed by atoms with Crippen LogP contribution in [-0.4, -0.2) is 55.4 Å². The minimum Gasteiger partial charge on any atom is 0 e. The molecule has 8 nitrogen and oxygen atoms in total. The van der Waals surface area contributed by atoms with Gasteiger partial charge in [0.1, 0.15) is 0 Å². The topological polar surface area (TPSA) is 127 Å². The molecule has 0 N–H and O–H groups in total. The van der Waals surface area contributed by atoms with Crippen LogP contribution in [0.3, 0.4) is 0 Å². The fourth-order valence-electron chi connectivity index (χ4n) is 2.40. The van der Waals surface area contributed by atoms with E-state index in [0.717, 1.165) is 6.42 Å². The summed E-state index contributed by atoms with van der Waals surface area (Å²) in [6.45, 7) is 26.2. The summed E-state index contributed by atoms with van der Waals surface area (Å²) in [5.74, 6) is 2.93. The van der Waals surface area contributed by atoms with Gasteiger partial charge in [-0.1, -0.05) is 42.3 Å². The third-order valence-corrected chi connectivity index (χ3v) is 5.31. The maximum absolute atomic E-state index is 12.4. The molecule has 1 atom stereocenters. The van der Waals surface area contributed by atoms with E-state index in [2.05, 4.69) is 59.3 Å². The molecule has 0 unspecified atom stereocenters. The molecule has 1 rings (SSSR count). The van der Waals surface area contributed by atoms with Crippen LogP contribution in [0.4, 0.5) is 79.0 Å². The van der Waals surface area contributed by atoms with Gasteiger partial charge in [-0.15, -0.1) is 13.0 Å². The Morgan fingerprint density at radius 1 is 0.545 bits per heavy atom. The molecule has 0 saturated carbocycles. The predicted octanol–water partition coefficient (Wildman–Crippen LogP) is 9.53. The fourth-order valence-corrected chi connectivity index (χ4v) is 3.78. The number of terminal acetylenes is 1. The number of allylic oxidation sites excluding steroid dienone is 1. The third-order valence-electron chi connectivity index (χ3n) is 4.16. The third kappa shape index (κ3) is 32.1. The second kappa shape index (κ2) is 33.4. The van der Waals surface area contributed by atoms with Gasteiger partial charge in [0, 0.05) is 39.5 Å². The maximum atomic E-state index is 12.4. The Kier molecular flexibility index (Phi) is 42.6. The zero-order valence-corrected chi connectivity index (χ0v) is 28.4. The molecule has 0 bridgehead atoms. The van der Waals surface area contributed by atoms with Gasteiger partial charge in [0.25, 0.3) is 18.3 Å². The summed E-state index contributed by atoms with van der Waals surface area (Å²) in [5.41, 5.74) is 1.19. The molecule has 0 heterocycles. The summed E-state index contributed by atoms with van der Waals surface area (Å²) < 4.78 is 268. The number of hydrogen-bond donors (Lipinski definition) is 0. The first-order valence-corrected chi connectivity index (χ1v) is 12.5. The van der Waals surface area contributed by atoms with Crippen LogP contribution >= 0.6 is 8.60 Å². The molecule has 2 radical (unpaired) electrons. The van der Waals surface area contributed by atoms with Gasteiger partial charge >= 0.3 is 102 Å². The average Bonchev–Trinajstić information content (AvgIpc) is 3.05. The molecular weight excluding hydrogens is 931 g/mol. The van der Waals surface area contributed by atoms with Crippen molar-refractivity contribution in [3.63, 3.8) is 0 Å². The average molecular weight is 946 g/mol. The van der Waals surface area contributed by atoms with E-state index >= 15 is 0 Å². The van der Waals surface area contributed by atoms with E-state index < -0.39 is 64.0 Å². The van der Waals surface area contributed by atoms with Crippen molar-refractivity contribution in [1.29, 1.82) is 0 Å². The Balaban J connectivity index is -0.000000127. The van der Waals surface area contributed by atoms with Crippen molar-refractivity contribution in [2.45, 2.75) is 67.7 Å². The molecule has 0 aliphatic rings. The monoisotopic (exact) mass is 946 g/mol. The van der Waals surface area contributed by atoms with Crippen LogP contribution in [0.15, 0.2) is 43.0 Å². The van der Waals surface area contributed by atoms with Crippen molar-refractivity contribution < 1.29 is 149 Å². The first-order chi connectivity index (χ1) is 24.1. The minimum atomic E-state index is -6.79. The minimum absolute atomic E-state index is 0. The predicted molar refractivity (Wildman–Crippen MR) is 130 cm³/mol. The summed E-state index contributed by atoms with van der Waals surface area (Å²) in [6, 6.07) is 10.1. The Morgan fingerprint density at radius 2 is 0.764 bits per heavy atom. The van der Waals surface area contributed by atoms with Gasteiger partial charge in [-0.25, -0.2) is 0 Å². The zero-order chi connectivity index (χ0) is 44.2. The van der Waals surface area contributed by atoms with Crippen LogP contribution in [-0.2, 0) is 70.4 Å². The summed E-state index contributed by atoms with van der Waals surface area (Å²) in [6.07, 6.45) is -49.1. The number of halogens is 18. The molecule has 29 heteroatoms. The van der Waals surface area contributed by atoms with Crippen LogP contribution in [0.1, 0.15) is 17.9 Å². The van der Waals surface area contributed by atoms with Gasteiger partial charge in [-0.2, -0.15) is 79.0 Å². The quantitative estimate of drug-likeness (QED) is 0.0611. The first kappa shape index (κ1) is 70.1. The second-order valence-corrected chi connectivity index (χ2v) is 8.66. The van der Waals surface area contributed by atoms with Crippen LogP contribution in [0.5, 0.6) is 0 Å². The van der Waals surface area contributed by atoms with Gasteiger partial charge in [0.2, 0.25) is 0 Å². The number of rotatable bonds is 9. The number of alkyl halides is 18. The Morgan fingerprint density at radius 3 is 0.927 bits per heavy atom. The van der Waals surface area contributed by atoms with E-state index in [0.29, 0.717) is 0 Å². The molecule has 0 aromatic heterocycles. The van der Waals surface area contributed by atoms with Crippen molar-refractivity contribution in [2.75, 3.05) is 0 Å². The number of benzene rings is 1. The van der Waals surface area contributed by atoms with Crippen LogP contribution in [0.2, 0.25) is 0 Å². The summed E-state index contributed by atoms with van der Waals surface area (Å²) in [5, 5.41) is 0. The first-order valence-electron chi connectivity index (χ1n) is 11.4. The Hall–Kier alpha value is -2.72. The summed E-state index contributed by atoms with van der Waals surface area (Å²) >= 11 is 0. The molecule has 1 aromatic carbocycles. The van der Waals surface area contributed by atoms with Crippen molar-refractivity contribution in [1.82, 2.24) is 0 Å². The normalized spacial score (nSPS) is 11.5. The van der Waals surface area contributed by atoms with Gasteiger partial charge in [0.05, 0.1) is 0 Å². The Bertz CT molecular complexity index is 1110. The van der Waals surface area contributed by atoms with Gasteiger partial charge in [-0.05, 0) is 12.0 Å². The summed E-state index contributed by atoms with van der Waals surface area (Å²) in [7, 11) is -5.88. The van der Waals surface area contributed by atoms with Crippen LogP contribution in [0, 0.1) is 45.6 Å². The smallest absolute Gasteiger partial charge is 0 e. The molecule has 0 amide bonds. The number of hydrogen-bond acceptors (Lipinski definition) is 3. The van der Waals surface area contributed by atoms with E-state index in [4.69, 9.17) is 29.7 Å².